The average Bonchev–Trinajstić information content (AvgIpc) is 3.74. The zero-order valence-corrected chi connectivity index (χ0v) is 28.3. The summed E-state index contributed by atoms with van der Waals surface area (Å²) in [6, 6.07) is 68.4. The molecule has 0 aliphatic carbocycles. The number of hydrogen-bond acceptors (Lipinski definition) is 2. The Kier molecular flexibility index (Phi) is 7.10. The van der Waals surface area contributed by atoms with E-state index in [-0.39, 0.29) is 0 Å². The summed E-state index contributed by atoms with van der Waals surface area (Å²) in [5.41, 5.74) is 14.1. The Morgan fingerprint density at radius 3 is 1.38 bits per heavy atom. The van der Waals surface area contributed by atoms with E-state index in [9.17, 15) is 0 Å². The van der Waals surface area contributed by atoms with Crippen LogP contribution in [0.3, 0.4) is 0 Å². The van der Waals surface area contributed by atoms with Crippen molar-refractivity contribution < 1.29 is 0 Å². The highest BCUT2D eigenvalue weighted by Crippen LogP contribution is 2.42. The first kappa shape index (κ1) is 29.8. The molecule has 0 radical (unpaired) electrons. The molecule has 0 bridgehead atoms. The van der Waals surface area contributed by atoms with Gasteiger partial charge in [0.1, 0.15) is 0 Å². The molecule has 52 heavy (non-hydrogen) atoms. The van der Waals surface area contributed by atoms with E-state index in [4.69, 9.17) is 9.97 Å². The van der Waals surface area contributed by atoms with Crippen molar-refractivity contribution in [2.45, 2.75) is 0 Å². The van der Waals surface area contributed by atoms with E-state index in [2.05, 4.69) is 191 Å². The third-order valence-electron chi connectivity index (χ3n) is 9.91. The second-order valence-electron chi connectivity index (χ2n) is 13.1. The van der Waals surface area contributed by atoms with Crippen LogP contribution in [0.2, 0.25) is 0 Å². The summed E-state index contributed by atoms with van der Waals surface area (Å²) >= 11 is 0. The highest BCUT2D eigenvalue weighted by atomic mass is 15.1. The molecule has 4 nitrogen and oxygen atoms in total. The summed E-state index contributed by atoms with van der Waals surface area (Å²) < 4.78 is 4.83. The lowest BCUT2D eigenvalue weighted by atomic mass is 10.0. The van der Waals surface area contributed by atoms with Crippen LogP contribution in [0.25, 0.3) is 89.2 Å². The van der Waals surface area contributed by atoms with Gasteiger partial charge in [0.25, 0.3) is 0 Å². The van der Waals surface area contributed by atoms with E-state index in [1.807, 2.05) is 12.1 Å². The first-order valence-corrected chi connectivity index (χ1v) is 17.6. The van der Waals surface area contributed by atoms with Gasteiger partial charge < -0.3 is 9.13 Å². The first-order chi connectivity index (χ1) is 25.8. The monoisotopic (exact) mass is 664 g/mol. The van der Waals surface area contributed by atoms with Gasteiger partial charge in [0.2, 0.25) is 0 Å². The quantitative estimate of drug-likeness (QED) is 0.177. The summed E-state index contributed by atoms with van der Waals surface area (Å²) in [6.07, 6.45) is 0. The molecule has 0 aliphatic heterocycles. The molecule has 3 aromatic heterocycles. The predicted octanol–water partition coefficient (Wildman–Crippen LogP) is 12.2. The Labute approximate surface area is 301 Å². The minimum atomic E-state index is 0.699. The molecule has 0 fully saturated rings. The fourth-order valence-electron chi connectivity index (χ4n) is 7.54. The molecule has 0 aliphatic rings. The van der Waals surface area contributed by atoms with Crippen LogP contribution in [0.1, 0.15) is 0 Å². The van der Waals surface area contributed by atoms with E-state index in [0.29, 0.717) is 5.82 Å². The number of hydrogen-bond donors (Lipinski definition) is 0. The summed E-state index contributed by atoms with van der Waals surface area (Å²) in [5.74, 6) is 0.699. The van der Waals surface area contributed by atoms with E-state index in [1.54, 1.807) is 0 Å². The second kappa shape index (κ2) is 12.4. The van der Waals surface area contributed by atoms with Crippen LogP contribution in [0, 0.1) is 0 Å². The van der Waals surface area contributed by atoms with Crippen molar-refractivity contribution in [3.05, 3.63) is 194 Å². The predicted molar refractivity (Wildman–Crippen MR) is 215 cm³/mol. The fraction of sp³-hybridized carbons (Fsp3) is 0. The topological polar surface area (TPSA) is 35.6 Å². The normalized spacial score (nSPS) is 11.5. The number of benzene rings is 7. The smallest absolute Gasteiger partial charge is 0.160 e. The molecule has 10 rings (SSSR count). The van der Waals surface area contributed by atoms with Crippen molar-refractivity contribution >= 4 is 32.8 Å². The number of nitrogens with zero attached hydrogens (tertiary/aromatic N) is 4. The lowest BCUT2D eigenvalue weighted by Crippen LogP contribution is -1.96. The van der Waals surface area contributed by atoms with Crippen LogP contribution in [0.5, 0.6) is 0 Å². The summed E-state index contributed by atoms with van der Waals surface area (Å²) in [7, 11) is 0. The van der Waals surface area contributed by atoms with E-state index in [0.717, 1.165) is 56.1 Å². The third kappa shape index (κ3) is 5.00. The minimum absolute atomic E-state index is 0.699. The highest BCUT2D eigenvalue weighted by Gasteiger charge is 2.22. The Hall–Kier alpha value is -7.04. The van der Waals surface area contributed by atoms with E-state index < -0.39 is 0 Å². The first-order valence-electron chi connectivity index (χ1n) is 17.6. The molecule has 0 amide bonds. The van der Waals surface area contributed by atoms with Gasteiger partial charge in [-0.2, -0.15) is 0 Å². The number of rotatable bonds is 6. The van der Waals surface area contributed by atoms with Gasteiger partial charge in [0.05, 0.1) is 33.5 Å². The minimum Gasteiger partial charge on any atom is -0.307 e. The van der Waals surface area contributed by atoms with Gasteiger partial charge in [0.15, 0.2) is 5.82 Å². The maximum atomic E-state index is 5.11. The van der Waals surface area contributed by atoms with Crippen LogP contribution in [0.15, 0.2) is 194 Å². The molecule has 4 heteroatoms. The number of fused-ring (bicyclic) bond motifs is 5. The molecule has 244 valence electrons. The Bertz CT molecular complexity index is 2780. The van der Waals surface area contributed by atoms with Gasteiger partial charge in [0, 0.05) is 38.8 Å². The Balaban J connectivity index is 1.19. The van der Waals surface area contributed by atoms with Crippen molar-refractivity contribution in [1.82, 2.24) is 19.1 Å². The van der Waals surface area contributed by atoms with Crippen molar-refractivity contribution in [2.24, 2.45) is 0 Å². The molecule has 3 heterocycles. The largest absolute Gasteiger partial charge is 0.307 e. The van der Waals surface area contributed by atoms with Crippen molar-refractivity contribution in [2.75, 3.05) is 0 Å². The Morgan fingerprint density at radius 2 is 0.769 bits per heavy atom. The lowest BCUT2D eigenvalue weighted by Gasteiger charge is -2.11. The van der Waals surface area contributed by atoms with E-state index >= 15 is 0 Å². The van der Waals surface area contributed by atoms with Crippen molar-refractivity contribution in [1.29, 1.82) is 0 Å². The Morgan fingerprint density at radius 1 is 0.308 bits per heavy atom. The molecule has 0 unspecified atom stereocenters. The highest BCUT2D eigenvalue weighted by molar-refractivity contribution is 6.20. The zero-order chi connectivity index (χ0) is 34.4. The van der Waals surface area contributed by atoms with Gasteiger partial charge in [-0.25, -0.2) is 9.97 Å². The van der Waals surface area contributed by atoms with Gasteiger partial charge >= 0.3 is 0 Å². The summed E-state index contributed by atoms with van der Waals surface area (Å²) in [4.78, 5) is 10.2. The van der Waals surface area contributed by atoms with Crippen LogP contribution in [0.4, 0.5) is 0 Å². The molecule has 7 aromatic carbocycles. The third-order valence-corrected chi connectivity index (χ3v) is 9.91. The molecule has 0 spiro atoms. The molecule has 0 saturated carbocycles. The number of para-hydroxylation sites is 3. The average molecular weight is 665 g/mol. The molecular weight excluding hydrogens is 633 g/mol. The maximum absolute atomic E-state index is 5.11. The van der Waals surface area contributed by atoms with Gasteiger partial charge in [-0.3, -0.25) is 0 Å². The summed E-state index contributed by atoms with van der Waals surface area (Å²) in [5, 5.41) is 2.41. The van der Waals surface area contributed by atoms with Crippen molar-refractivity contribution in [3.63, 3.8) is 0 Å². The standard InChI is InChI=1S/C48H32N4/c1-5-16-33(17-6-1)42-32-43(34-18-7-2-8-19-34)50-48(49-42)37-21-15-20-35(30-37)36-28-29-45-41(31-36)47-46(52(45)39-24-11-4-12-25-39)40-26-13-14-27-44(40)51(47)38-22-9-3-10-23-38/h1-32H. The lowest BCUT2D eigenvalue weighted by molar-refractivity contribution is 1.17. The van der Waals surface area contributed by atoms with Crippen LogP contribution >= 0.6 is 0 Å². The van der Waals surface area contributed by atoms with Gasteiger partial charge in [-0.1, -0.05) is 140 Å². The molecule has 0 atom stereocenters. The van der Waals surface area contributed by atoms with Gasteiger partial charge in [-0.15, -0.1) is 0 Å². The SMILES string of the molecule is c1ccc(-c2cc(-c3ccccc3)nc(-c3cccc(-c4ccc5c(c4)c4c(c6ccccc6n4-c4ccccc4)n5-c4ccccc4)c3)n2)cc1. The zero-order valence-electron chi connectivity index (χ0n) is 28.3. The molecule has 0 N–H and O–H groups in total. The maximum Gasteiger partial charge on any atom is 0.160 e. The van der Waals surface area contributed by atoms with E-state index in [1.165, 1.54) is 27.3 Å². The van der Waals surface area contributed by atoms with Crippen molar-refractivity contribution in [3.8, 4) is 56.4 Å². The molecular formula is C48H32N4. The number of aromatic nitrogens is 4. The summed E-state index contributed by atoms with van der Waals surface area (Å²) in [6.45, 7) is 0. The van der Waals surface area contributed by atoms with Crippen LogP contribution < -0.4 is 0 Å². The molecule has 0 saturated heterocycles. The van der Waals surface area contributed by atoms with Crippen LogP contribution in [-0.4, -0.2) is 19.1 Å². The van der Waals surface area contributed by atoms with Crippen LogP contribution in [-0.2, 0) is 0 Å². The second-order valence-corrected chi connectivity index (χ2v) is 13.1. The fourth-order valence-corrected chi connectivity index (χ4v) is 7.54. The molecule has 10 aromatic rings. The van der Waals surface area contributed by atoms with Gasteiger partial charge in [-0.05, 0) is 65.7 Å².